The highest BCUT2D eigenvalue weighted by molar-refractivity contribution is 6.02. The normalized spacial score (nSPS) is 17.9. The number of aromatic amines is 1. The van der Waals surface area contributed by atoms with E-state index in [1.165, 1.54) is 25.3 Å². The van der Waals surface area contributed by atoms with Crippen LogP contribution in [-0.2, 0) is 9.59 Å². The molecule has 9 nitrogen and oxygen atoms in total. The van der Waals surface area contributed by atoms with Crippen molar-refractivity contribution >= 4 is 28.4 Å². The van der Waals surface area contributed by atoms with E-state index in [9.17, 15) is 19.2 Å². The molecule has 1 aromatic carbocycles. The maximum absolute atomic E-state index is 15.1. The average Bonchev–Trinajstić information content (AvgIpc) is 3.54. The third kappa shape index (κ3) is 4.48. The number of carbonyl (C=O) groups excluding carboxylic acids is 2. The number of primary amides is 1. The second-order valence-corrected chi connectivity index (χ2v) is 9.40. The minimum absolute atomic E-state index is 0.0312. The van der Waals surface area contributed by atoms with Crippen molar-refractivity contribution in [3.8, 4) is 22.9 Å². The summed E-state index contributed by atoms with van der Waals surface area (Å²) in [5.74, 6) is -1.64. The second-order valence-electron chi connectivity index (χ2n) is 9.40. The van der Waals surface area contributed by atoms with Gasteiger partial charge in [-0.15, -0.1) is 0 Å². The van der Waals surface area contributed by atoms with Gasteiger partial charge in [-0.2, -0.15) is 5.26 Å². The number of hydrogen-bond acceptors (Lipinski definition) is 6. The fourth-order valence-electron chi connectivity index (χ4n) is 5.35. The van der Waals surface area contributed by atoms with Gasteiger partial charge in [0.2, 0.25) is 11.8 Å². The predicted octanol–water partition coefficient (Wildman–Crippen LogP) is 2.95. The van der Waals surface area contributed by atoms with E-state index in [2.05, 4.69) is 16.0 Å². The topological polar surface area (TPSA) is 128 Å². The number of hydrogen-bond donors (Lipinski definition) is 2. The average molecular weight is 521 g/mol. The molecule has 1 saturated heterocycles. The van der Waals surface area contributed by atoms with Crippen molar-refractivity contribution in [2.45, 2.75) is 25.3 Å². The van der Waals surface area contributed by atoms with Crippen LogP contribution in [0.25, 0.3) is 27.7 Å². The lowest BCUT2D eigenvalue weighted by Gasteiger charge is -2.29. The molecule has 38 heavy (non-hydrogen) atoms. The lowest BCUT2D eigenvalue weighted by atomic mass is 9.96. The molecule has 0 radical (unpaired) electrons. The number of H-pyrrole nitrogens is 1. The van der Waals surface area contributed by atoms with Crippen molar-refractivity contribution in [3.63, 3.8) is 0 Å². The van der Waals surface area contributed by atoms with Crippen LogP contribution < -0.4 is 10.5 Å². The van der Waals surface area contributed by atoms with Crippen molar-refractivity contribution in [2.24, 2.45) is 5.73 Å². The molecule has 4 heterocycles. The Labute approximate surface area is 217 Å². The van der Waals surface area contributed by atoms with Crippen molar-refractivity contribution in [3.05, 3.63) is 53.4 Å². The van der Waals surface area contributed by atoms with Gasteiger partial charge in [0.05, 0.1) is 31.1 Å². The molecule has 196 valence electrons. The number of benzene rings is 1. The van der Waals surface area contributed by atoms with E-state index in [0.717, 1.165) is 18.2 Å². The van der Waals surface area contributed by atoms with E-state index in [-0.39, 0.29) is 40.3 Å². The summed E-state index contributed by atoms with van der Waals surface area (Å²) in [5, 5.41) is 10.3. The zero-order chi connectivity index (χ0) is 27.0. The monoisotopic (exact) mass is 520 g/mol. The highest BCUT2D eigenvalue weighted by Crippen LogP contribution is 2.40. The molecule has 2 aliphatic heterocycles. The second kappa shape index (κ2) is 10.2. The third-order valence-corrected chi connectivity index (χ3v) is 7.19. The molecule has 2 aromatic heterocycles. The summed E-state index contributed by atoms with van der Waals surface area (Å²) in [5.41, 5.74) is 7.49. The number of halogens is 2. The number of pyridine rings is 1. The number of fused-ring (bicyclic) bond motifs is 1. The Morgan fingerprint density at radius 3 is 2.82 bits per heavy atom. The number of methoxy groups -OCH3 is 1. The number of nitriles is 1. The van der Waals surface area contributed by atoms with Crippen LogP contribution in [0.2, 0.25) is 0 Å². The van der Waals surface area contributed by atoms with E-state index in [0.29, 0.717) is 43.8 Å². The summed E-state index contributed by atoms with van der Waals surface area (Å²) in [6.07, 6.45) is 4.80. The Morgan fingerprint density at radius 1 is 1.32 bits per heavy atom. The summed E-state index contributed by atoms with van der Waals surface area (Å²) < 4.78 is 34.6. The van der Waals surface area contributed by atoms with Gasteiger partial charge in [0.25, 0.3) is 0 Å². The minimum Gasteiger partial charge on any atom is -0.496 e. The SMILES string of the molecule is COc1ccc(F)cc1-c1c(F)cnc2[nH]c(C3=CCN(CC(=O)N4CCC[C@H]4C(N)=O)CC3)c(C#N)c12. The van der Waals surface area contributed by atoms with Crippen LogP contribution in [0.15, 0.2) is 30.5 Å². The van der Waals surface area contributed by atoms with Crippen LogP contribution in [0.1, 0.15) is 30.5 Å². The van der Waals surface area contributed by atoms with Gasteiger partial charge in [-0.3, -0.25) is 14.5 Å². The zero-order valence-electron chi connectivity index (χ0n) is 20.8. The van der Waals surface area contributed by atoms with Crippen LogP contribution in [0.4, 0.5) is 8.78 Å². The summed E-state index contributed by atoms with van der Waals surface area (Å²) in [6, 6.07) is 5.41. The van der Waals surface area contributed by atoms with Gasteiger partial charge in [-0.1, -0.05) is 6.08 Å². The highest BCUT2D eigenvalue weighted by Gasteiger charge is 2.33. The van der Waals surface area contributed by atoms with E-state index >= 15 is 4.39 Å². The summed E-state index contributed by atoms with van der Waals surface area (Å²) in [4.78, 5) is 35.3. The molecular formula is C27H26F2N6O3. The zero-order valence-corrected chi connectivity index (χ0v) is 20.8. The van der Waals surface area contributed by atoms with Gasteiger partial charge < -0.3 is 20.4 Å². The van der Waals surface area contributed by atoms with Crippen LogP contribution >= 0.6 is 0 Å². The Bertz CT molecular complexity index is 1510. The molecule has 2 amide bonds. The highest BCUT2D eigenvalue weighted by atomic mass is 19.1. The fraction of sp³-hybridized carbons (Fsp3) is 0.333. The molecule has 0 bridgehead atoms. The first-order valence-corrected chi connectivity index (χ1v) is 12.3. The van der Waals surface area contributed by atoms with Crippen molar-refractivity contribution in [2.75, 3.05) is 33.3 Å². The maximum Gasteiger partial charge on any atom is 0.240 e. The van der Waals surface area contributed by atoms with Gasteiger partial charge in [0.15, 0.2) is 0 Å². The number of aromatic nitrogens is 2. The van der Waals surface area contributed by atoms with E-state index in [4.69, 9.17) is 10.5 Å². The number of likely N-dealkylation sites (tertiary alicyclic amines) is 1. The molecule has 5 rings (SSSR count). The number of nitrogens with zero attached hydrogens (tertiary/aromatic N) is 4. The lowest BCUT2D eigenvalue weighted by Crippen LogP contribution is -2.48. The maximum atomic E-state index is 15.1. The molecule has 11 heteroatoms. The van der Waals surface area contributed by atoms with E-state index < -0.39 is 23.6 Å². The number of ether oxygens (including phenoxy) is 1. The number of nitrogens with two attached hydrogens (primary N) is 1. The lowest BCUT2D eigenvalue weighted by molar-refractivity contribution is -0.138. The molecule has 0 spiro atoms. The van der Waals surface area contributed by atoms with Crippen LogP contribution in [0, 0.1) is 23.0 Å². The minimum atomic E-state index is -0.707. The fourth-order valence-corrected chi connectivity index (χ4v) is 5.35. The molecule has 0 aliphatic carbocycles. The van der Waals surface area contributed by atoms with Crippen molar-refractivity contribution in [1.29, 1.82) is 5.26 Å². The van der Waals surface area contributed by atoms with Gasteiger partial charge in [0.1, 0.15) is 35.1 Å². The van der Waals surface area contributed by atoms with E-state index in [1.807, 2.05) is 11.0 Å². The number of rotatable bonds is 6. The number of carbonyl (C=O) groups is 2. The van der Waals surface area contributed by atoms with Crippen molar-refractivity contribution in [1.82, 2.24) is 19.8 Å². The first kappa shape index (κ1) is 25.4. The third-order valence-electron chi connectivity index (χ3n) is 7.19. The molecule has 0 saturated carbocycles. The van der Waals surface area contributed by atoms with Crippen LogP contribution in [-0.4, -0.2) is 70.9 Å². The first-order chi connectivity index (χ1) is 18.3. The molecular weight excluding hydrogens is 494 g/mol. The number of nitrogens with one attached hydrogen (secondary N) is 1. The van der Waals surface area contributed by atoms with Gasteiger partial charge >= 0.3 is 0 Å². The molecule has 2 aliphatic rings. The first-order valence-electron chi connectivity index (χ1n) is 12.3. The quantitative estimate of drug-likeness (QED) is 0.514. The predicted molar refractivity (Wildman–Crippen MR) is 136 cm³/mol. The Hall–Kier alpha value is -4.30. The van der Waals surface area contributed by atoms with Crippen molar-refractivity contribution < 1.29 is 23.1 Å². The van der Waals surface area contributed by atoms with Crippen LogP contribution in [0.3, 0.4) is 0 Å². The Balaban J connectivity index is 1.45. The van der Waals surface area contributed by atoms with Gasteiger partial charge in [-0.05, 0) is 43.0 Å². The Morgan fingerprint density at radius 2 is 2.13 bits per heavy atom. The molecule has 3 aromatic rings. The molecule has 0 unspecified atom stereocenters. The van der Waals surface area contributed by atoms with E-state index in [1.54, 1.807) is 4.90 Å². The summed E-state index contributed by atoms with van der Waals surface area (Å²) in [7, 11) is 1.40. The van der Waals surface area contributed by atoms with Gasteiger partial charge in [-0.25, -0.2) is 13.8 Å². The number of amides is 2. The summed E-state index contributed by atoms with van der Waals surface area (Å²) >= 11 is 0. The smallest absolute Gasteiger partial charge is 0.240 e. The van der Waals surface area contributed by atoms with Gasteiger partial charge in [0, 0.05) is 36.1 Å². The molecule has 1 fully saturated rings. The van der Waals surface area contributed by atoms with Crippen LogP contribution in [0.5, 0.6) is 5.75 Å². The molecule has 1 atom stereocenters. The molecule has 3 N–H and O–H groups in total. The summed E-state index contributed by atoms with van der Waals surface area (Å²) in [6.45, 7) is 1.66. The Kier molecular flexibility index (Phi) is 6.82. The standard InChI is InChI=1S/C27H26F2N6O3/c1-38-21-5-4-16(28)11-17(21)23-19(29)13-32-27-24(23)18(12-30)25(33-27)15-6-9-34(10-7-15)14-22(36)35-8-2-3-20(35)26(31)37/h4-6,11,13,20H,2-3,7-10,14H2,1H3,(H2,31,37)(H,32,33)/t20-/m0/s1. The largest absolute Gasteiger partial charge is 0.496 e.